The number of ether oxygens (including phenoxy) is 1. The zero-order chi connectivity index (χ0) is 22.4. The van der Waals surface area contributed by atoms with Gasteiger partial charge in [-0.1, -0.05) is 35.6 Å². The summed E-state index contributed by atoms with van der Waals surface area (Å²) in [6.45, 7) is 4.94. The Bertz CT molecular complexity index is 1170. The molecular formula is C24H23N3O4S. The van der Waals surface area contributed by atoms with E-state index in [-0.39, 0.29) is 18.6 Å². The van der Waals surface area contributed by atoms with Crippen molar-refractivity contribution in [1.29, 1.82) is 0 Å². The van der Waals surface area contributed by atoms with Crippen LogP contribution in [0.4, 0.5) is 0 Å². The molecule has 32 heavy (non-hydrogen) atoms. The van der Waals surface area contributed by atoms with E-state index in [1.54, 1.807) is 40.5 Å². The average Bonchev–Trinajstić information content (AvgIpc) is 3.33. The number of fused-ring (bicyclic) bond motifs is 2. The Morgan fingerprint density at radius 2 is 1.66 bits per heavy atom. The Morgan fingerprint density at radius 3 is 2.28 bits per heavy atom. The molecule has 0 atom stereocenters. The van der Waals surface area contributed by atoms with Gasteiger partial charge in [0.25, 0.3) is 17.0 Å². The third-order valence-corrected chi connectivity index (χ3v) is 7.24. The van der Waals surface area contributed by atoms with Crippen molar-refractivity contribution in [2.24, 2.45) is 0 Å². The van der Waals surface area contributed by atoms with Crippen LogP contribution in [0.5, 0.6) is 5.19 Å². The summed E-state index contributed by atoms with van der Waals surface area (Å²) in [7, 11) is 0. The number of thiazole rings is 1. The molecule has 2 aliphatic heterocycles. The highest BCUT2D eigenvalue weighted by molar-refractivity contribution is 7.20. The van der Waals surface area contributed by atoms with Crippen molar-refractivity contribution in [3.8, 4) is 5.19 Å². The molecule has 2 aliphatic rings. The maximum absolute atomic E-state index is 12.8. The predicted molar refractivity (Wildman–Crippen MR) is 121 cm³/mol. The van der Waals surface area contributed by atoms with Crippen molar-refractivity contribution in [2.75, 3.05) is 19.6 Å². The van der Waals surface area contributed by atoms with Crippen molar-refractivity contribution in [3.63, 3.8) is 0 Å². The largest absolute Gasteiger partial charge is 0.467 e. The van der Waals surface area contributed by atoms with Crippen molar-refractivity contribution >= 4 is 39.3 Å². The lowest BCUT2D eigenvalue weighted by atomic mass is 10.1. The molecular weight excluding hydrogens is 426 g/mol. The number of piperidine rings is 1. The van der Waals surface area contributed by atoms with Gasteiger partial charge >= 0.3 is 0 Å². The van der Waals surface area contributed by atoms with Crippen molar-refractivity contribution in [1.82, 2.24) is 14.8 Å². The molecule has 3 amide bonds. The van der Waals surface area contributed by atoms with Gasteiger partial charge in [0.1, 0.15) is 12.6 Å². The second-order valence-electron chi connectivity index (χ2n) is 8.30. The van der Waals surface area contributed by atoms with Gasteiger partial charge in [-0.2, -0.15) is 0 Å². The fourth-order valence-corrected chi connectivity index (χ4v) is 5.30. The Labute approximate surface area is 189 Å². The molecule has 3 heterocycles. The van der Waals surface area contributed by atoms with Gasteiger partial charge in [-0.05, 0) is 37.1 Å². The number of amides is 3. The first-order valence-electron chi connectivity index (χ1n) is 10.7. The standard InChI is InChI=1S/C24H23N3O4S/c1-14-7-8-15(2)21-20(14)25-24(32-21)31-16-9-11-26(12-10-16)19(28)13-27-22(29)17-5-3-4-6-18(17)23(27)30/h3-8,16H,9-13H2,1-2H3. The van der Waals surface area contributed by atoms with Crippen LogP contribution in [0.15, 0.2) is 36.4 Å². The number of imide groups is 1. The van der Waals surface area contributed by atoms with E-state index in [9.17, 15) is 14.4 Å². The zero-order valence-corrected chi connectivity index (χ0v) is 18.8. The molecule has 2 aromatic carbocycles. The number of nitrogens with zero attached hydrogens (tertiary/aromatic N) is 3. The van der Waals surface area contributed by atoms with Gasteiger partial charge in [-0.15, -0.1) is 0 Å². The van der Waals surface area contributed by atoms with Gasteiger partial charge < -0.3 is 9.64 Å². The first-order valence-corrected chi connectivity index (χ1v) is 11.5. The van der Waals surface area contributed by atoms with Crippen LogP contribution in [0, 0.1) is 13.8 Å². The fraction of sp³-hybridized carbons (Fsp3) is 0.333. The van der Waals surface area contributed by atoms with Gasteiger partial charge in [-0.3, -0.25) is 19.3 Å². The first-order chi connectivity index (χ1) is 15.4. The highest BCUT2D eigenvalue weighted by Crippen LogP contribution is 2.33. The number of aromatic nitrogens is 1. The van der Waals surface area contributed by atoms with E-state index in [2.05, 4.69) is 24.0 Å². The topological polar surface area (TPSA) is 79.8 Å². The number of carbonyl (C=O) groups is 3. The monoisotopic (exact) mass is 449 g/mol. The minimum Gasteiger partial charge on any atom is -0.467 e. The summed E-state index contributed by atoms with van der Waals surface area (Å²) >= 11 is 1.56. The first kappa shape index (κ1) is 20.6. The van der Waals surface area contributed by atoms with E-state index in [0.29, 0.717) is 42.3 Å². The van der Waals surface area contributed by atoms with E-state index < -0.39 is 11.8 Å². The lowest BCUT2D eigenvalue weighted by molar-refractivity contribution is -0.133. The van der Waals surface area contributed by atoms with Gasteiger partial charge in [0.05, 0.1) is 21.3 Å². The summed E-state index contributed by atoms with van der Waals surface area (Å²) in [6, 6.07) is 10.8. The minimum atomic E-state index is -0.404. The Kier molecular flexibility index (Phi) is 5.17. The number of carbonyl (C=O) groups excluding carboxylic acids is 3. The third kappa shape index (κ3) is 3.54. The van der Waals surface area contributed by atoms with Gasteiger partial charge in [0, 0.05) is 25.9 Å². The van der Waals surface area contributed by atoms with E-state index in [0.717, 1.165) is 20.7 Å². The third-order valence-electron chi connectivity index (χ3n) is 6.16. The maximum Gasteiger partial charge on any atom is 0.274 e. The van der Waals surface area contributed by atoms with Crippen LogP contribution in [0.3, 0.4) is 0 Å². The molecule has 5 rings (SSSR count). The molecule has 0 saturated carbocycles. The molecule has 7 nitrogen and oxygen atoms in total. The molecule has 1 aromatic heterocycles. The Hall–Kier alpha value is -3.26. The Balaban J connectivity index is 1.19. The lowest BCUT2D eigenvalue weighted by Crippen LogP contribution is -2.47. The summed E-state index contributed by atoms with van der Waals surface area (Å²) in [5.74, 6) is -1.03. The van der Waals surface area contributed by atoms with E-state index in [1.807, 2.05) is 6.92 Å². The predicted octanol–water partition coefficient (Wildman–Crippen LogP) is 3.58. The number of aryl methyl sites for hydroxylation is 2. The molecule has 0 aliphatic carbocycles. The van der Waals surface area contributed by atoms with Crippen molar-refractivity contribution in [3.05, 3.63) is 58.7 Å². The SMILES string of the molecule is Cc1ccc(C)c2sc(OC3CCN(C(=O)CN4C(=O)c5ccccc5C4=O)CC3)nc12. The Morgan fingerprint density at radius 1 is 1.03 bits per heavy atom. The molecule has 0 radical (unpaired) electrons. The van der Waals surface area contributed by atoms with Gasteiger partial charge in [-0.25, -0.2) is 4.98 Å². The smallest absolute Gasteiger partial charge is 0.274 e. The molecule has 0 N–H and O–H groups in total. The van der Waals surface area contributed by atoms with E-state index in [4.69, 9.17) is 4.74 Å². The number of hydrogen-bond donors (Lipinski definition) is 0. The fourth-order valence-electron chi connectivity index (χ4n) is 4.27. The van der Waals surface area contributed by atoms with Gasteiger partial charge in [0.2, 0.25) is 5.91 Å². The highest BCUT2D eigenvalue weighted by Gasteiger charge is 2.37. The molecule has 0 spiro atoms. The minimum absolute atomic E-state index is 0.0143. The average molecular weight is 450 g/mol. The number of likely N-dealkylation sites (tertiary alicyclic amines) is 1. The molecule has 8 heteroatoms. The maximum atomic E-state index is 12.8. The molecule has 0 bridgehead atoms. The summed E-state index contributed by atoms with van der Waals surface area (Å²) < 4.78 is 7.29. The number of rotatable bonds is 4. The summed E-state index contributed by atoms with van der Waals surface area (Å²) in [5, 5.41) is 0.660. The van der Waals surface area contributed by atoms with Crippen LogP contribution in [0.25, 0.3) is 10.2 Å². The summed E-state index contributed by atoms with van der Waals surface area (Å²) in [5.41, 5.74) is 4.02. The van der Waals surface area contributed by atoms with Crippen LogP contribution in [-0.2, 0) is 4.79 Å². The lowest BCUT2D eigenvalue weighted by Gasteiger charge is -2.32. The quantitative estimate of drug-likeness (QED) is 0.569. The van der Waals surface area contributed by atoms with Crippen molar-refractivity contribution < 1.29 is 19.1 Å². The summed E-state index contributed by atoms with van der Waals surface area (Å²) in [4.78, 5) is 45.2. The highest BCUT2D eigenvalue weighted by atomic mass is 32.1. The molecule has 0 unspecified atom stereocenters. The summed E-state index contributed by atoms with van der Waals surface area (Å²) in [6.07, 6.45) is 1.35. The van der Waals surface area contributed by atoms with Crippen LogP contribution in [-0.4, -0.2) is 58.2 Å². The van der Waals surface area contributed by atoms with Crippen LogP contribution in [0.1, 0.15) is 44.7 Å². The number of benzene rings is 2. The molecule has 1 fully saturated rings. The van der Waals surface area contributed by atoms with Crippen molar-refractivity contribution in [2.45, 2.75) is 32.8 Å². The van der Waals surface area contributed by atoms with Crippen LogP contribution >= 0.6 is 11.3 Å². The molecule has 164 valence electrons. The van der Waals surface area contributed by atoms with Crippen LogP contribution in [0.2, 0.25) is 0 Å². The van der Waals surface area contributed by atoms with Crippen LogP contribution < -0.4 is 4.74 Å². The van der Waals surface area contributed by atoms with E-state index in [1.165, 1.54) is 5.56 Å². The van der Waals surface area contributed by atoms with Gasteiger partial charge in [0.15, 0.2) is 0 Å². The van der Waals surface area contributed by atoms with E-state index >= 15 is 0 Å². The molecule has 3 aromatic rings. The second kappa shape index (κ2) is 8.02. The molecule has 1 saturated heterocycles. The normalized spacial score (nSPS) is 16.7. The number of hydrogen-bond acceptors (Lipinski definition) is 6. The zero-order valence-electron chi connectivity index (χ0n) is 18.0. The second-order valence-corrected chi connectivity index (χ2v) is 9.26.